The van der Waals surface area contributed by atoms with Gasteiger partial charge in [-0.05, 0) is 0 Å². The first-order valence-corrected chi connectivity index (χ1v) is 3.16. The molecule has 7 heteroatoms. The van der Waals surface area contributed by atoms with Crippen molar-refractivity contribution in [3.63, 3.8) is 0 Å². The van der Waals surface area contributed by atoms with Crippen LogP contribution in [-0.4, -0.2) is 45.5 Å². The summed E-state index contributed by atoms with van der Waals surface area (Å²) in [5, 5.41) is 0. The van der Waals surface area contributed by atoms with Crippen LogP contribution in [0.2, 0.25) is 0 Å². The van der Waals surface area contributed by atoms with E-state index in [0.29, 0.717) is 0 Å². The van der Waals surface area contributed by atoms with E-state index in [1.165, 1.54) is 0 Å². The molecule has 0 aliphatic rings. The maximum absolute atomic E-state index is 8.87. The van der Waals surface area contributed by atoms with E-state index in [-0.39, 0.29) is 94.9 Å². The molecule has 7 heavy (non-hydrogen) atoms. The van der Waals surface area contributed by atoms with Gasteiger partial charge in [-0.25, -0.2) is 0 Å². The van der Waals surface area contributed by atoms with Gasteiger partial charge in [-0.3, -0.25) is 0 Å². The van der Waals surface area contributed by atoms with Gasteiger partial charge in [-0.2, -0.15) is 0 Å². The Balaban J connectivity index is -0.0000000800. The normalized spacial score (nSPS) is 8.43. The first kappa shape index (κ1) is 16.8. The molecule has 0 spiro atoms. The van der Waals surface area contributed by atoms with Gasteiger partial charge in [0.2, 0.25) is 0 Å². The summed E-state index contributed by atoms with van der Waals surface area (Å²) in [6, 6.07) is 0. The first-order chi connectivity index (χ1) is 2.00. The second-order valence-corrected chi connectivity index (χ2v) is 2.53. The molecule has 0 saturated heterocycles. The van der Waals surface area contributed by atoms with Crippen LogP contribution in [-0.2, 0) is 4.57 Å². The molecule has 0 saturated carbocycles. The fraction of sp³-hybridized carbons (Fsp3) is 0. The number of hydrogen-bond donors (Lipinski definition) is 0. The SMILES string of the molecule is O=P([O-])([O-])Cl.[Eu+2].[Sr+2]. The van der Waals surface area contributed by atoms with E-state index in [9.17, 15) is 0 Å². The van der Waals surface area contributed by atoms with E-state index in [1.54, 1.807) is 0 Å². The molecule has 0 fully saturated rings. The zero-order valence-corrected chi connectivity index (χ0v) is 10.7. The number of halogens is 1. The summed E-state index contributed by atoms with van der Waals surface area (Å²) < 4.78 is 8.87. The van der Waals surface area contributed by atoms with Gasteiger partial charge in [-0.15, -0.1) is 0 Å². The first-order valence-electron chi connectivity index (χ1n) is 0.717. The van der Waals surface area contributed by atoms with Crippen LogP contribution in [0.4, 0.5) is 0 Å². The zero-order valence-electron chi connectivity index (χ0n) is 3.13. The predicted octanol–water partition coefficient (Wildman–Crippen LogP) is -1.33. The molecule has 0 aromatic carbocycles. The van der Waals surface area contributed by atoms with Crippen LogP contribution in [0.5, 0.6) is 0 Å². The van der Waals surface area contributed by atoms with E-state index in [1.807, 2.05) is 0 Å². The third-order valence-corrected chi connectivity index (χ3v) is 0. The third-order valence-electron chi connectivity index (χ3n) is 0. The summed E-state index contributed by atoms with van der Waals surface area (Å²) in [4.78, 5) is 17.7. The average Bonchev–Trinajstić information content (AvgIpc) is 0.722. The Labute approximate surface area is 124 Å². The molecule has 0 amide bonds. The molecule has 0 rings (SSSR count). The summed E-state index contributed by atoms with van der Waals surface area (Å²) >= 11 is 3.97. The fourth-order valence-corrected chi connectivity index (χ4v) is 0. The standard InChI is InChI=1S/ClH2O3P.Eu.Sr/c1-5(2,3)4;;/h(H2,2,3,4);;/q;2*+2/p-2. The molecule has 1 radical (unpaired) electrons. The van der Waals surface area contributed by atoms with Gasteiger partial charge >= 0.3 is 94.9 Å². The second-order valence-electron chi connectivity index (χ2n) is 0.431. The Morgan fingerprint density at radius 2 is 1.43 bits per heavy atom. The van der Waals surface area contributed by atoms with Gasteiger partial charge in [0.1, 0.15) is 0 Å². The van der Waals surface area contributed by atoms with Crippen LogP contribution in [0, 0.1) is 49.4 Å². The molecule has 0 bridgehead atoms. The minimum atomic E-state index is -4.67. The molecule has 0 heterocycles. The largest absolute Gasteiger partial charge is 2.00 e. The molecule has 0 unspecified atom stereocenters. The van der Waals surface area contributed by atoms with Gasteiger partial charge < -0.3 is 14.4 Å². The molecular formula is ClEuO3PSr+2. The monoisotopic (exact) mass is 355 g/mol. The van der Waals surface area contributed by atoms with Gasteiger partial charge in [0, 0.05) is 6.95 Å². The topological polar surface area (TPSA) is 63.2 Å². The Hall–Kier alpha value is 3.50. The molecule has 0 atom stereocenters. The molecular weight excluding hydrogens is 354 g/mol. The Morgan fingerprint density at radius 1 is 1.43 bits per heavy atom. The zero-order chi connectivity index (χ0) is 4.50. The molecule has 0 N–H and O–H groups in total. The molecule has 37 valence electrons. The van der Waals surface area contributed by atoms with Gasteiger partial charge in [0.05, 0.1) is 0 Å². The van der Waals surface area contributed by atoms with Crippen molar-refractivity contribution in [2.75, 3.05) is 0 Å². The minimum Gasteiger partial charge on any atom is -0.799 e. The summed E-state index contributed by atoms with van der Waals surface area (Å²) in [7, 11) is 0. The van der Waals surface area contributed by atoms with Crippen molar-refractivity contribution in [3.05, 3.63) is 0 Å². The Morgan fingerprint density at radius 3 is 1.43 bits per heavy atom. The number of hydrogen-bond acceptors (Lipinski definition) is 3. The maximum atomic E-state index is 8.87. The summed E-state index contributed by atoms with van der Waals surface area (Å²) in [5.41, 5.74) is 0. The Bertz CT molecular complexity index is 61.1. The second kappa shape index (κ2) is 7.61. The van der Waals surface area contributed by atoms with Crippen molar-refractivity contribution in [3.8, 4) is 0 Å². The molecule has 0 aromatic rings. The van der Waals surface area contributed by atoms with Crippen molar-refractivity contribution in [2.45, 2.75) is 0 Å². The predicted molar refractivity (Wildman–Crippen MR) is 19.2 cm³/mol. The molecule has 0 aromatic heterocycles. The van der Waals surface area contributed by atoms with Gasteiger partial charge in [0.15, 0.2) is 0 Å². The van der Waals surface area contributed by atoms with E-state index in [4.69, 9.17) is 14.4 Å². The van der Waals surface area contributed by atoms with Crippen LogP contribution in [0.25, 0.3) is 0 Å². The van der Waals surface area contributed by atoms with Crippen molar-refractivity contribution in [2.24, 2.45) is 0 Å². The Kier molecular flexibility index (Phi) is 18.3. The molecule has 3 nitrogen and oxygen atoms in total. The fourth-order valence-electron chi connectivity index (χ4n) is 0. The van der Waals surface area contributed by atoms with Crippen LogP contribution in [0.1, 0.15) is 0 Å². The maximum Gasteiger partial charge on any atom is 2.00 e. The summed E-state index contributed by atoms with van der Waals surface area (Å²) in [5.74, 6) is 0. The van der Waals surface area contributed by atoms with Crippen LogP contribution in [0.15, 0.2) is 0 Å². The van der Waals surface area contributed by atoms with Crippen LogP contribution < -0.4 is 9.79 Å². The van der Waals surface area contributed by atoms with E-state index >= 15 is 0 Å². The van der Waals surface area contributed by atoms with E-state index in [2.05, 4.69) is 11.2 Å². The van der Waals surface area contributed by atoms with Crippen molar-refractivity contribution < 1.29 is 63.7 Å². The van der Waals surface area contributed by atoms with Crippen LogP contribution in [0.3, 0.4) is 0 Å². The van der Waals surface area contributed by atoms with Gasteiger partial charge in [-0.1, -0.05) is 11.2 Å². The van der Waals surface area contributed by atoms with Crippen molar-refractivity contribution in [1.29, 1.82) is 0 Å². The minimum absolute atomic E-state index is 0. The summed E-state index contributed by atoms with van der Waals surface area (Å²) in [6.07, 6.45) is 0. The van der Waals surface area contributed by atoms with Gasteiger partial charge in [0.25, 0.3) is 0 Å². The van der Waals surface area contributed by atoms with Crippen molar-refractivity contribution in [1.82, 2.24) is 0 Å². The van der Waals surface area contributed by atoms with E-state index < -0.39 is 6.95 Å². The molecule has 0 aliphatic heterocycles. The third kappa shape index (κ3) is 43.6. The smallest absolute Gasteiger partial charge is 0.799 e. The average molecular weight is 354 g/mol. The van der Waals surface area contributed by atoms with Crippen LogP contribution >= 0.6 is 18.2 Å². The van der Waals surface area contributed by atoms with Crippen molar-refractivity contribution >= 4 is 63.7 Å². The molecule has 0 aliphatic carbocycles. The summed E-state index contributed by atoms with van der Waals surface area (Å²) in [6.45, 7) is -4.67. The quantitative estimate of drug-likeness (QED) is 0.400. The van der Waals surface area contributed by atoms with E-state index in [0.717, 1.165) is 0 Å². The number of rotatable bonds is 0.